The Hall–Kier alpha value is -2.43. The fourth-order valence-electron chi connectivity index (χ4n) is 2.78. The third kappa shape index (κ3) is 4.81. The molecule has 3 rings (SSSR count). The summed E-state index contributed by atoms with van der Waals surface area (Å²) in [6, 6.07) is 26.1. The van der Waals surface area contributed by atoms with Crippen molar-refractivity contribution in [1.82, 2.24) is 5.32 Å². The minimum absolute atomic E-state index is 0.0400. The molecule has 0 bridgehead atoms. The number of rotatable bonds is 6. The predicted molar refractivity (Wildman–Crippen MR) is 110 cm³/mol. The van der Waals surface area contributed by atoms with Crippen molar-refractivity contribution in [1.29, 1.82) is 0 Å². The van der Waals surface area contributed by atoms with Gasteiger partial charge in [0, 0.05) is 4.47 Å². The summed E-state index contributed by atoms with van der Waals surface area (Å²) in [5, 5.41) is 6.31. The number of nitrogens with one attached hydrogen (secondary N) is 2. The van der Waals surface area contributed by atoms with Crippen molar-refractivity contribution in [2.24, 2.45) is 0 Å². The van der Waals surface area contributed by atoms with Gasteiger partial charge in [0.05, 0.1) is 18.3 Å². The highest BCUT2D eigenvalue weighted by Gasteiger charge is 2.15. The molecule has 0 saturated heterocycles. The van der Waals surface area contributed by atoms with Gasteiger partial charge in [0.15, 0.2) is 0 Å². The highest BCUT2D eigenvalue weighted by molar-refractivity contribution is 9.10. The van der Waals surface area contributed by atoms with E-state index in [0.29, 0.717) is 0 Å². The number of anilines is 1. The number of para-hydroxylation sites is 1. The van der Waals surface area contributed by atoms with Gasteiger partial charge in [-0.15, -0.1) is 0 Å². The van der Waals surface area contributed by atoms with Gasteiger partial charge < -0.3 is 5.32 Å². The van der Waals surface area contributed by atoms with Crippen molar-refractivity contribution >= 4 is 27.5 Å². The average Bonchev–Trinajstić information content (AvgIpc) is 2.66. The van der Waals surface area contributed by atoms with Crippen LogP contribution in [-0.2, 0) is 4.79 Å². The Morgan fingerprint density at radius 2 is 1.50 bits per heavy atom. The third-order valence-electron chi connectivity index (χ3n) is 4.16. The van der Waals surface area contributed by atoms with Gasteiger partial charge in [-0.2, -0.15) is 0 Å². The molecule has 0 spiro atoms. The second-order valence-corrected chi connectivity index (χ2v) is 7.02. The molecule has 0 unspecified atom stereocenters. The summed E-state index contributed by atoms with van der Waals surface area (Å²) in [4.78, 5) is 12.4. The van der Waals surface area contributed by atoms with Crippen molar-refractivity contribution in [3.8, 4) is 0 Å². The first-order chi connectivity index (χ1) is 12.6. The molecule has 3 nitrogen and oxygen atoms in total. The third-order valence-corrected chi connectivity index (χ3v) is 4.85. The normalized spacial score (nSPS) is 11.8. The molecule has 0 radical (unpaired) electrons. The molecule has 0 saturated carbocycles. The molecule has 0 aromatic heterocycles. The number of carbonyl (C=O) groups excluding carboxylic acids is 1. The SMILES string of the molecule is Cc1ccc([C@@H](NCC(=O)Nc2ccccc2Br)c2ccccc2)cc1. The molecule has 0 fully saturated rings. The molecule has 0 aliphatic rings. The van der Waals surface area contributed by atoms with E-state index in [4.69, 9.17) is 0 Å². The number of hydrogen-bond donors (Lipinski definition) is 2. The molecule has 3 aromatic rings. The maximum atomic E-state index is 12.4. The van der Waals surface area contributed by atoms with Crippen LogP contribution in [0.4, 0.5) is 5.69 Å². The van der Waals surface area contributed by atoms with Crippen LogP contribution in [0.3, 0.4) is 0 Å². The highest BCUT2D eigenvalue weighted by atomic mass is 79.9. The van der Waals surface area contributed by atoms with E-state index in [9.17, 15) is 4.79 Å². The van der Waals surface area contributed by atoms with Gasteiger partial charge in [0.1, 0.15) is 0 Å². The summed E-state index contributed by atoms with van der Waals surface area (Å²) in [6.07, 6.45) is 0. The number of halogens is 1. The number of hydrogen-bond acceptors (Lipinski definition) is 2. The van der Waals surface area contributed by atoms with Crippen LogP contribution in [0.5, 0.6) is 0 Å². The van der Waals surface area contributed by atoms with Gasteiger partial charge in [-0.1, -0.05) is 72.3 Å². The summed E-state index contributed by atoms with van der Waals surface area (Å²) < 4.78 is 0.867. The van der Waals surface area contributed by atoms with Gasteiger partial charge in [-0.05, 0) is 46.1 Å². The molecule has 26 heavy (non-hydrogen) atoms. The van der Waals surface area contributed by atoms with E-state index in [1.165, 1.54) is 5.56 Å². The topological polar surface area (TPSA) is 41.1 Å². The van der Waals surface area contributed by atoms with Crippen LogP contribution in [0.25, 0.3) is 0 Å². The molecule has 0 heterocycles. The summed E-state index contributed by atoms with van der Waals surface area (Å²) in [5.74, 6) is -0.0788. The number of carbonyl (C=O) groups is 1. The van der Waals surface area contributed by atoms with Crippen molar-refractivity contribution < 1.29 is 4.79 Å². The van der Waals surface area contributed by atoms with E-state index in [1.807, 2.05) is 42.5 Å². The first-order valence-corrected chi connectivity index (χ1v) is 9.32. The zero-order valence-electron chi connectivity index (χ0n) is 14.6. The summed E-state index contributed by atoms with van der Waals surface area (Å²) in [6.45, 7) is 2.29. The van der Waals surface area contributed by atoms with Gasteiger partial charge in [-0.25, -0.2) is 0 Å². The largest absolute Gasteiger partial charge is 0.324 e. The van der Waals surface area contributed by atoms with Gasteiger partial charge in [-0.3, -0.25) is 10.1 Å². The lowest BCUT2D eigenvalue weighted by Gasteiger charge is -2.20. The second-order valence-electron chi connectivity index (χ2n) is 6.16. The van der Waals surface area contributed by atoms with Crippen LogP contribution < -0.4 is 10.6 Å². The van der Waals surface area contributed by atoms with E-state index in [1.54, 1.807) is 0 Å². The minimum atomic E-state index is -0.0788. The Morgan fingerprint density at radius 1 is 0.885 bits per heavy atom. The predicted octanol–water partition coefficient (Wildman–Crippen LogP) is 5.08. The minimum Gasteiger partial charge on any atom is -0.324 e. The number of benzene rings is 3. The molecule has 4 heteroatoms. The Kier molecular flexibility index (Phi) is 6.21. The lowest BCUT2D eigenvalue weighted by Crippen LogP contribution is -2.32. The Bertz CT molecular complexity index is 863. The summed E-state index contributed by atoms with van der Waals surface area (Å²) >= 11 is 3.45. The van der Waals surface area contributed by atoms with Crippen LogP contribution in [0.15, 0.2) is 83.3 Å². The van der Waals surface area contributed by atoms with Crippen LogP contribution in [-0.4, -0.2) is 12.5 Å². The average molecular weight is 409 g/mol. The Labute approximate surface area is 162 Å². The van der Waals surface area contributed by atoms with Crippen LogP contribution >= 0.6 is 15.9 Å². The molecule has 3 aromatic carbocycles. The first-order valence-electron chi connectivity index (χ1n) is 8.53. The maximum Gasteiger partial charge on any atom is 0.238 e. The zero-order chi connectivity index (χ0) is 18.4. The fourth-order valence-corrected chi connectivity index (χ4v) is 3.17. The summed E-state index contributed by atoms with van der Waals surface area (Å²) in [5.41, 5.74) is 4.25. The van der Waals surface area contributed by atoms with E-state index in [0.717, 1.165) is 21.3 Å². The molecule has 132 valence electrons. The monoisotopic (exact) mass is 408 g/mol. The fraction of sp³-hybridized carbons (Fsp3) is 0.136. The second kappa shape index (κ2) is 8.79. The Balaban J connectivity index is 1.73. The molecule has 1 atom stereocenters. The lowest BCUT2D eigenvalue weighted by molar-refractivity contribution is -0.115. The Morgan fingerprint density at radius 3 is 2.19 bits per heavy atom. The maximum absolute atomic E-state index is 12.4. The molecular formula is C22H21BrN2O. The van der Waals surface area contributed by atoms with E-state index in [-0.39, 0.29) is 18.5 Å². The van der Waals surface area contributed by atoms with Crippen LogP contribution in [0.1, 0.15) is 22.7 Å². The molecule has 1 amide bonds. The summed E-state index contributed by atoms with van der Waals surface area (Å²) in [7, 11) is 0. The van der Waals surface area contributed by atoms with Gasteiger partial charge in [0.25, 0.3) is 0 Å². The van der Waals surface area contributed by atoms with Crippen molar-refractivity contribution in [2.75, 3.05) is 11.9 Å². The smallest absolute Gasteiger partial charge is 0.238 e. The first kappa shape index (κ1) is 18.4. The van der Waals surface area contributed by atoms with Crippen LogP contribution in [0, 0.1) is 6.92 Å². The van der Waals surface area contributed by atoms with E-state index in [2.05, 4.69) is 69.9 Å². The highest BCUT2D eigenvalue weighted by Crippen LogP contribution is 2.23. The van der Waals surface area contributed by atoms with E-state index < -0.39 is 0 Å². The van der Waals surface area contributed by atoms with Gasteiger partial charge >= 0.3 is 0 Å². The quantitative estimate of drug-likeness (QED) is 0.597. The molecule has 0 aliphatic heterocycles. The lowest BCUT2D eigenvalue weighted by atomic mass is 9.98. The number of amides is 1. The van der Waals surface area contributed by atoms with Crippen molar-refractivity contribution in [2.45, 2.75) is 13.0 Å². The number of aryl methyl sites for hydroxylation is 1. The van der Waals surface area contributed by atoms with Crippen molar-refractivity contribution in [3.63, 3.8) is 0 Å². The zero-order valence-corrected chi connectivity index (χ0v) is 16.2. The van der Waals surface area contributed by atoms with Crippen molar-refractivity contribution in [3.05, 3.63) is 100 Å². The van der Waals surface area contributed by atoms with E-state index >= 15 is 0 Å². The van der Waals surface area contributed by atoms with Gasteiger partial charge in [0.2, 0.25) is 5.91 Å². The standard InChI is InChI=1S/C22H21BrN2O/c1-16-11-13-18(14-12-16)22(17-7-3-2-4-8-17)24-15-21(26)25-20-10-6-5-9-19(20)23/h2-14,22,24H,15H2,1H3,(H,25,26)/t22-/m0/s1. The molecule has 2 N–H and O–H groups in total. The molecule has 0 aliphatic carbocycles. The molecular weight excluding hydrogens is 388 g/mol. The van der Waals surface area contributed by atoms with Crippen LogP contribution in [0.2, 0.25) is 0 Å².